The van der Waals surface area contributed by atoms with Gasteiger partial charge in [-0.15, -0.1) is 0 Å². The van der Waals surface area contributed by atoms with E-state index >= 15 is 0 Å². The lowest BCUT2D eigenvalue weighted by molar-refractivity contribution is -0.168. The summed E-state index contributed by atoms with van der Waals surface area (Å²) in [7, 11) is 0. The molecule has 0 unspecified atom stereocenters. The quantitative estimate of drug-likeness (QED) is 0.381. The van der Waals surface area contributed by atoms with Gasteiger partial charge in [0.2, 0.25) is 6.29 Å². The van der Waals surface area contributed by atoms with Gasteiger partial charge in [-0.2, -0.15) is 0 Å². The molecule has 0 N–H and O–H groups in total. The summed E-state index contributed by atoms with van der Waals surface area (Å²) in [6.07, 6.45) is -1.89. The molecule has 3 atom stereocenters. The third-order valence-corrected chi connectivity index (χ3v) is 5.36. The molecule has 3 aromatic carbocycles. The van der Waals surface area contributed by atoms with Crippen molar-refractivity contribution in [1.82, 2.24) is 0 Å². The fraction of sp³-hybridized carbons (Fsp3) is 0.222. The van der Waals surface area contributed by atoms with E-state index in [9.17, 15) is 14.4 Å². The Morgan fingerprint density at radius 1 is 0.735 bits per heavy atom. The van der Waals surface area contributed by atoms with Crippen LogP contribution in [-0.2, 0) is 18.9 Å². The first kappa shape index (κ1) is 23.2. The molecule has 0 radical (unpaired) electrons. The smallest absolute Gasteiger partial charge is 0.340 e. The minimum absolute atomic E-state index is 0.112. The average molecular weight is 460 g/mol. The van der Waals surface area contributed by atoms with E-state index < -0.39 is 35.9 Å². The molecule has 1 aliphatic heterocycles. The van der Waals surface area contributed by atoms with Gasteiger partial charge in [-0.05, 0) is 43.3 Å². The fourth-order valence-corrected chi connectivity index (χ4v) is 3.62. The van der Waals surface area contributed by atoms with Crippen LogP contribution in [0.3, 0.4) is 0 Å². The van der Waals surface area contributed by atoms with E-state index in [4.69, 9.17) is 18.9 Å². The molecular weight excluding hydrogens is 436 g/mol. The third kappa shape index (κ3) is 5.68. The van der Waals surface area contributed by atoms with Gasteiger partial charge in [0.05, 0.1) is 16.7 Å². The Balaban J connectivity index is 1.47. The SMILES string of the molecule is C[C@@]1(COC(=O)c2ccccc2)C[C@@H](OC(=O)c2ccccc2)[C@@H](OC(=O)c2ccccc2)O1. The molecule has 7 heteroatoms. The van der Waals surface area contributed by atoms with Crippen LogP contribution in [0.4, 0.5) is 0 Å². The van der Waals surface area contributed by atoms with Crippen LogP contribution < -0.4 is 0 Å². The van der Waals surface area contributed by atoms with Crippen LogP contribution in [0.1, 0.15) is 44.4 Å². The highest BCUT2D eigenvalue weighted by Gasteiger charge is 2.48. The summed E-state index contributed by atoms with van der Waals surface area (Å²) in [6, 6.07) is 25.5. The molecule has 0 aromatic heterocycles. The molecule has 0 bridgehead atoms. The summed E-state index contributed by atoms with van der Waals surface area (Å²) >= 11 is 0. The van der Waals surface area contributed by atoms with Gasteiger partial charge in [-0.3, -0.25) is 0 Å². The molecule has 0 saturated carbocycles. The molecule has 1 aliphatic rings. The van der Waals surface area contributed by atoms with E-state index in [1.54, 1.807) is 97.9 Å². The molecule has 1 fully saturated rings. The zero-order chi connectivity index (χ0) is 24.0. The van der Waals surface area contributed by atoms with Crippen LogP contribution in [0.5, 0.6) is 0 Å². The van der Waals surface area contributed by atoms with Crippen molar-refractivity contribution in [1.29, 1.82) is 0 Å². The molecule has 0 spiro atoms. The van der Waals surface area contributed by atoms with Crippen molar-refractivity contribution in [2.45, 2.75) is 31.3 Å². The molecule has 1 heterocycles. The monoisotopic (exact) mass is 460 g/mol. The zero-order valence-electron chi connectivity index (χ0n) is 18.6. The van der Waals surface area contributed by atoms with Gasteiger partial charge in [-0.25, -0.2) is 14.4 Å². The Hall–Kier alpha value is -3.97. The maximum atomic E-state index is 12.7. The van der Waals surface area contributed by atoms with Crippen molar-refractivity contribution >= 4 is 17.9 Å². The second-order valence-corrected chi connectivity index (χ2v) is 8.16. The van der Waals surface area contributed by atoms with Gasteiger partial charge in [0.1, 0.15) is 12.2 Å². The zero-order valence-corrected chi connectivity index (χ0v) is 18.6. The maximum absolute atomic E-state index is 12.7. The summed E-state index contributed by atoms with van der Waals surface area (Å²) in [4.78, 5) is 37.7. The largest absolute Gasteiger partial charge is 0.459 e. The molecule has 7 nitrogen and oxygen atoms in total. The van der Waals surface area contributed by atoms with Crippen LogP contribution in [0, 0.1) is 0 Å². The molecule has 1 saturated heterocycles. The van der Waals surface area contributed by atoms with Crippen molar-refractivity contribution in [3.63, 3.8) is 0 Å². The first-order chi connectivity index (χ1) is 16.4. The predicted octanol–water partition coefficient (Wildman–Crippen LogP) is 4.43. The van der Waals surface area contributed by atoms with Gasteiger partial charge in [-0.1, -0.05) is 54.6 Å². The van der Waals surface area contributed by atoms with E-state index in [1.807, 2.05) is 0 Å². The van der Waals surface area contributed by atoms with Crippen molar-refractivity contribution in [2.24, 2.45) is 0 Å². The highest BCUT2D eigenvalue weighted by atomic mass is 16.7. The number of hydrogen-bond donors (Lipinski definition) is 0. The molecule has 3 aromatic rings. The first-order valence-electron chi connectivity index (χ1n) is 10.9. The van der Waals surface area contributed by atoms with Crippen LogP contribution >= 0.6 is 0 Å². The Morgan fingerprint density at radius 3 is 1.68 bits per heavy atom. The van der Waals surface area contributed by atoms with Crippen LogP contribution in [0.15, 0.2) is 91.0 Å². The number of hydrogen-bond acceptors (Lipinski definition) is 7. The average Bonchev–Trinajstić information content (AvgIpc) is 3.18. The number of benzene rings is 3. The number of carbonyl (C=O) groups is 3. The summed E-state index contributed by atoms with van der Waals surface area (Å²) in [5, 5.41) is 0. The summed E-state index contributed by atoms with van der Waals surface area (Å²) < 4.78 is 22.6. The Bertz CT molecular complexity index is 1070. The Labute approximate surface area is 197 Å². The summed E-state index contributed by atoms with van der Waals surface area (Å²) in [5.41, 5.74) is 0.0690. The molecule has 0 aliphatic carbocycles. The molecule has 34 heavy (non-hydrogen) atoms. The van der Waals surface area contributed by atoms with E-state index in [2.05, 4.69) is 0 Å². The van der Waals surface area contributed by atoms with E-state index in [-0.39, 0.29) is 13.0 Å². The maximum Gasteiger partial charge on any atom is 0.340 e. The number of carbonyl (C=O) groups excluding carboxylic acids is 3. The fourth-order valence-electron chi connectivity index (χ4n) is 3.62. The molecule has 4 rings (SSSR count). The molecule has 174 valence electrons. The lowest BCUT2D eigenvalue weighted by atomic mass is 10.0. The second-order valence-electron chi connectivity index (χ2n) is 8.16. The van der Waals surface area contributed by atoms with Gasteiger partial charge in [0, 0.05) is 6.42 Å². The van der Waals surface area contributed by atoms with Gasteiger partial charge in [0.25, 0.3) is 0 Å². The number of rotatable bonds is 7. The summed E-state index contributed by atoms with van der Waals surface area (Å²) in [5.74, 6) is -1.69. The standard InChI is InChI=1S/C27H24O7/c1-27(18-31-23(28)19-11-5-2-6-12-19)17-22(32-24(29)20-13-7-3-8-14-20)26(34-27)33-25(30)21-15-9-4-10-16-21/h2-16,22,26H,17-18H2,1H3/t22-,26+,27+/m1/s1. The van der Waals surface area contributed by atoms with Gasteiger partial charge >= 0.3 is 17.9 Å². The van der Waals surface area contributed by atoms with Crippen molar-refractivity contribution in [2.75, 3.05) is 6.61 Å². The van der Waals surface area contributed by atoms with Crippen LogP contribution in [0.2, 0.25) is 0 Å². The third-order valence-electron chi connectivity index (χ3n) is 5.36. The van der Waals surface area contributed by atoms with Crippen LogP contribution in [-0.4, -0.2) is 42.5 Å². The molecule has 0 amide bonds. The van der Waals surface area contributed by atoms with Crippen molar-refractivity contribution < 1.29 is 33.3 Å². The Kier molecular flexibility index (Phi) is 7.04. The second kappa shape index (κ2) is 10.3. The minimum atomic E-state index is -1.17. The van der Waals surface area contributed by atoms with Crippen molar-refractivity contribution in [3.8, 4) is 0 Å². The van der Waals surface area contributed by atoms with Crippen LogP contribution in [0.25, 0.3) is 0 Å². The van der Waals surface area contributed by atoms with E-state index in [1.165, 1.54) is 0 Å². The number of ether oxygens (including phenoxy) is 4. The normalized spacial score (nSPS) is 21.4. The van der Waals surface area contributed by atoms with Gasteiger partial charge in [0.15, 0.2) is 6.10 Å². The summed E-state index contributed by atoms with van der Waals surface area (Å²) in [6.45, 7) is 1.60. The lowest BCUT2D eigenvalue weighted by Gasteiger charge is -2.23. The highest BCUT2D eigenvalue weighted by Crippen LogP contribution is 2.34. The van der Waals surface area contributed by atoms with E-state index in [0.29, 0.717) is 16.7 Å². The highest BCUT2D eigenvalue weighted by molar-refractivity contribution is 5.90. The predicted molar refractivity (Wildman–Crippen MR) is 122 cm³/mol. The Morgan fingerprint density at radius 2 is 1.18 bits per heavy atom. The van der Waals surface area contributed by atoms with E-state index in [0.717, 1.165) is 0 Å². The molecular formula is C27H24O7. The minimum Gasteiger partial charge on any atom is -0.459 e. The van der Waals surface area contributed by atoms with Gasteiger partial charge < -0.3 is 18.9 Å². The topological polar surface area (TPSA) is 88.1 Å². The number of esters is 3. The lowest BCUT2D eigenvalue weighted by Crippen LogP contribution is -2.33. The first-order valence-corrected chi connectivity index (χ1v) is 10.9. The van der Waals surface area contributed by atoms with Crippen molar-refractivity contribution in [3.05, 3.63) is 108 Å².